The van der Waals surface area contributed by atoms with Crippen molar-refractivity contribution in [3.63, 3.8) is 0 Å². The van der Waals surface area contributed by atoms with E-state index in [2.05, 4.69) is 0 Å². The first-order chi connectivity index (χ1) is 9.50. The van der Waals surface area contributed by atoms with E-state index in [9.17, 15) is 19.8 Å². The summed E-state index contributed by atoms with van der Waals surface area (Å²) >= 11 is 1.53. The molecule has 6 atom stereocenters. The quantitative estimate of drug-likeness (QED) is 0.719. The highest BCUT2D eigenvalue weighted by atomic mass is 32.2. The third kappa shape index (κ3) is 2.12. The monoisotopic (exact) mass is 301 g/mol. The number of carbonyl (C=O) groups excluding carboxylic acids is 1. The van der Waals surface area contributed by atoms with Crippen LogP contribution in [0.5, 0.6) is 0 Å². The minimum absolute atomic E-state index is 0.100. The van der Waals surface area contributed by atoms with Crippen LogP contribution in [-0.2, 0) is 14.3 Å². The normalized spacial score (nSPS) is 41.4. The van der Waals surface area contributed by atoms with E-state index < -0.39 is 24.0 Å². The zero-order chi connectivity index (χ0) is 14.4. The summed E-state index contributed by atoms with van der Waals surface area (Å²) in [6.45, 7) is 3.01. The van der Waals surface area contributed by atoms with Gasteiger partial charge in [-0.25, -0.2) is 4.79 Å². The lowest BCUT2D eigenvalue weighted by molar-refractivity contribution is -0.167. The standard InChI is InChI=1S/C13H19NO5S/c1-6(15)9-11(16)14-10(13(17)18)8(20-12(9)14)4-7-2-3-19-5-7/h6-10,12,15H,2-5H2,1H3,(H,17,18)/t6-,7?,8?,9+,10?,12-/m1/s1. The lowest BCUT2D eigenvalue weighted by atomic mass is 9.89. The third-order valence-electron chi connectivity index (χ3n) is 4.45. The van der Waals surface area contributed by atoms with Crippen LogP contribution < -0.4 is 0 Å². The van der Waals surface area contributed by atoms with E-state index >= 15 is 0 Å². The summed E-state index contributed by atoms with van der Waals surface area (Å²) in [6.07, 6.45) is 0.996. The van der Waals surface area contributed by atoms with Crippen molar-refractivity contribution in [1.29, 1.82) is 0 Å². The number of nitrogens with zero attached hydrogens (tertiary/aromatic N) is 1. The van der Waals surface area contributed by atoms with Gasteiger partial charge in [0.2, 0.25) is 5.91 Å². The number of hydrogen-bond donors (Lipinski definition) is 2. The number of hydrogen-bond acceptors (Lipinski definition) is 5. The minimum Gasteiger partial charge on any atom is -0.480 e. The Morgan fingerprint density at radius 2 is 2.35 bits per heavy atom. The molecule has 0 bridgehead atoms. The third-order valence-corrected chi connectivity index (χ3v) is 6.05. The molecule has 0 spiro atoms. The fraction of sp³-hybridized carbons (Fsp3) is 0.846. The van der Waals surface area contributed by atoms with Gasteiger partial charge in [0.15, 0.2) is 0 Å². The summed E-state index contributed by atoms with van der Waals surface area (Å²) in [5.74, 6) is -1.24. The van der Waals surface area contributed by atoms with E-state index in [4.69, 9.17) is 4.74 Å². The smallest absolute Gasteiger partial charge is 0.327 e. The van der Waals surface area contributed by atoms with E-state index in [0.717, 1.165) is 19.4 Å². The van der Waals surface area contributed by atoms with E-state index in [1.54, 1.807) is 6.92 Å². The number of carboxylic acid groups (broad SMARTS) is 1. The van der Waals surface area contributed by atoms with Crippen LogP contribution in [0.25, 0.3) is 0 Å². The molecule has 0 aromatic heterocycles. The predicted molar refractivity (Wildman–Crippen MR) is 72.2 cm³/mol. The Hall–Kier alpha value is -0.790. The molecule has 7 heteroatoms. The second-order valence-electron chi connectivity index (χ2n) is 5.83. The maximum absolute atomic E-state index is 12.0. The van der Waals surface area contributed by atoms with Crippen molar-refractivity contribution in [3.05, 3.63) is 0 Å². The van der Waals surface area contributed by atoms with Gasteiger partial charge in [0.25, 0.3) is 0 Å². The van der Waals surface area contributed by atoms with Crippen molar-refractivity contribution in [2.24, 2.45) is 11.8 Å². The highest BCUT2D eigenvalue weighted by Crippen LogP contribution is 2.50. The van der Waals surface area contributed by atoms with Crippen molar-refractivity contribution in [3.8, 4) is 0 Å². The minimum atomic E-state index is -0.943. The van der Waals surface area contributed by atoms with Crippen LogP contribution in [0, 0.1) is 11.8 Å². The number of rotatable bonds is 4. The molecule has 0 aromatic carbocycles. The number of aliphatic hydroxyl groups is 1. The van der Waals surface area contributed by atoms with E-state index in [-0.39, 0.29) is 16.5 Å². The van der Waals surface area contributed by atoms with Crippen molar-refractivity contribution in [2.75, 3.05) is 13.2 Å². The number of β-lactam (4-membered cyclic amide) rings is 1. The van der Waals surface area contributed by atoms with Crippen LogP contribution in [-0.4, -0.2) is 63.0 Å². The van der Waals surface area contributed by atoms with Crippen LogP contribution in [0.3, 0.4) is 0 Å². The number of carbonyl (C=O) groups is 2. The van der Waals surface area contributed by atoms with Crippen molar-refractivity contribution in [1.82, 2.24) is 4.90 Å². The highest BCUT2D eigenvalue weighted by molar-refractivity contribution is 8.01. The first-order valence-electron chi connectivity index (χ1n) is 6.97. The molecule has 3 rings (SSSR count). The highest BCUT2D eigenvalue weighted by Gasteiger charge is 2.61. The van der Waals surface area contributed by atoms with Gasteiger partial charge in [0, 0.05) is 18.5 Å². The molecule has 3 unspecified atom stereocenters. The summed E-state index contributed by atoms with van der Waals surface area (Å²) < 4.78 is 5.34. The molecule has 3 heterocycles. The summed E-state index contributed by atoms with van der Waals surface area (Å²) in [4.78, 5) is 25.0. The first-order valence-corrected chi connectivity index (χ1v) is 7.91. The fourth-order valence-electron chi connectivity index (χ4n) is 3.39. The molecular weight excluding hydrogens is 282 g/mol. The topological polar surface area (TPSA) is 87.1 Å². The second kappa shape index (κ2) is 5.20. The lowest BCUT2D eigenvalue weighted by Gasteiger charge is -2.44. The van der Waals surface area contributed by atoms with Crippen LogP contribution in [0.4, 0.5) is 0 Å². The number of carboxylic acids is 1. The Balaban J connectivity index is 1.74. The maximum atomic E-state index is 12.0. The van der Waals surface area contributed by atoms with Gasteiger partial charge in [-0.05, 0) is 25.7 Å². The van der Waals surface area contributed by atoms with Gasteiger partial charge in [-0.1, -0.05) is 0 Å². The average Bonchev–Trinajstić information content (AvgIpc) is 2.95. The molecule has 3 saturated heterocycles. The van der Waals surface area contributed by atoms with E-state index in [1.807, 2.05) is 0 Å². The molecule has 0 radical (unpaired) electrons. The Morgan fingerprint density at radius 3 is 2.90 bits per heavy atom. The fourth-order valence-corrected chi connectivity index (χ4v) is 5.41. The molecule has 3 aliphatic rings. The largest absolute Gasteiger partial charge is 0.480 e. The van der Waals surface area contributed by atoms with Crippen LogP contribution in [0.2, 0.25) is 0 Å². The number of thioether (sulfide) groups is 1. The molecular formula is C13H19NO5S. The molecule has 0 aliphatic carbocycles. The van der Waals surface area contributed by atoms with Crippen LogP contribution in [0.1, 0.15) is 19.8 Å². The summed E-state index contributed by atoms with van der Waals surface area (Å²) in [5, 5.41) is 18.8. The Bertz CT molecular complexity index is 423. The molecule has 0 aromatic rings. The van der Waals surface area contributed by atoms with Gasteiger partial charge in [-0.15, -0.1) is 11.8 Å². The van der Waals surface area contributed by atoms with Crippen molar-refractivity contribution in [2.45, 2.75) is 42.5 Å². The van der Waals surface area contributed by atoms with Crippen molar-refractivity contribution < 1.29 is 24.5 Å². The zero-order valence-corrected chi connectivity index (χ0v) is 12.1. The molecule has 0 saturated carbocycles. The molecule has 3 aliphatic heterocycles. The predicted octanol–water partition coefficient (Wildman–Crippen LogP) is 0.147. The maximum Gasteiger partial charge on any atom is 0.327 e. The zero-order valence-electron chi connectivity index (χ0n) is 11.3. The number of aliphatic carboxylic acids is 1. The number of amides is 1. The van der Waals surface area contributed by atoms with Gasteiger partial charge < -0.3 is 19.8 Å². The Morgan fingerprint density at radius 1 is 1.60 bits per heavy atom. The molecule has 2 N–H and O–H groups in total. The number of aliphatic hydroxyl groups excluding tert-OH is 1. The van der Waals surface area contributed by atoms with Crippen LogP contribution >= 0.6 is 11.8 Å². The van der Waals surface area contributed by atoms with Crippen LogP contribution in [0.15, 0.2) is 0 Å². The Labute approximate surface area is 121 Å². The molecule has 6 nitrogen and oxygen atoms in total. The summed E-state index contributed by atoms with van der Waals surface area (Å²) in [5.41, 5.74) is 0. The van der Waals surface area contributed by atoms with Crippen molar-refractivity contribution >= 4 is 23.6 Å². The number of fused-ring (bicyclic) bond motifs is 1. The van der Waals surface area contributed by atoms with Gasteiger partial charge in [0.05, 0.1) is 17.4 Å². The van der Waals surface area contributed by atoms with E-state index in [0.29, 0.717) is 12.5 Å². The van der Waals surface area contributed by atoms with Gasteiger partial charge in [-0.3, -0.25) is 4.79 Å². The van der Waals surface area contributed by atoms with E-state index in [1.165, 1.54) is 16.7 Å². The Kier molecular flexibility index (Phi) is 3.68. The first kappa shape index (κ1) is 14.2. The molecule has 112 valence electrons. The summed E-state index contributed by atoms with van der Waals surface area (Å²) in [7, 11) is 0. The van der Waals surface area contributed by atoms with Gasteiger partial charge in [0.1, 0.15) is 6.04 Å². The summed E-state index contributed by atoms with van der Waals surface area (Å²) in [6, 6.07) is -0.756. The molecule has 20 heavy (non-hydrogen) atoms. The average molecular weight is 301 g/mol. The van der Waals surface area contributed by atoms with Gasteiger partial charge >= 0.3 is 5.97 Å². The van der Waals surface area contributed by atoms with Gasteiger partial charge in [-0.2, -0.15) is 0 Å². The lowest BCUT2D eigenvalue weighted by Crippen LogP contribution is -2.64. The molecule has 1 amide bonds. The number of ether oxygens (including phenoxy) is 1. The second-order valence-corrected chi connectivity index (χ2v) is 7.19. The molecule has 3 fully saturated rings. The SMILES string of the molecule is C[C@@H](O)[C@H]1C(=O)N2C(C(=O)O)C(CC3CCOC3)S[C@H]12.